The molecule has 4 nitrogen and oxygen atoms in total. The van der Waals surface area contributed by atoms with Crippen LogP contribution < -0.4 is 5.32 Å². The molecule has 1 atom stereocenters. The predicted octanol–water partition coefficient (Wildman–Crippen LogP) is 4.52. The summed E-state index contributed by atoms with van der Waals surface area (Å²) in [6.45, 7) is 2.71. The van der Waals surface area contributed by atoms with Gasteiger partial charge in [-0.15, -0.1) is 0 Å². The molecular weight excluding hydrogens is 346 g/mol. The molecule has 1 aromatic heterocycles. The monoisotopic (exact) mass is 377 g/mol. The Balaban J connectivity index is 1.57. The maximum atomic E-state index is 13.6. The van der Waals surface area contributed by atoms with Gasteiger partial charge in [-0.05, 0) is 68.0 Å². The Morgan fingerprint density at radius 3 is 2.68 bits per heavy atom. The van der Waals surface area contributed by atoms with Crippen LogP contribution in [0.25, 0.3) is 0 Å². The van der Waals surface area contributed by atoms with Gasteiger partial charge in [0.15, 0.2) is 0 Å². The first-order valence-corrected chi connectivity index (χ1v) is 10.8. The molecule has 4 rings (SSSR count). The van der Waals surface area contributed by atoms with Crippen molar-refractivity contribution in [2.24, 2.45) is 0 Å². The quantitative estimate of drug-likeness (QED) is 0.833. The van der Waals surface area contributed by atoms with E-state index >= 15 is 0 Å². The summed E-state index contributed by atoms with van der Waals surface area (Å²) in [6, 6.07) is 14.6. The van der Waals surface area contributed by atoms with E-state index in [0.717, 1.165) is 37.2 Å². The third-order valence-electron chi connectivity index (χ3n) is 6.24. The Morgan fingerprint density at radius 1 is 1.04 bits per heavy atom. The van der Waals surface area contributed by atoms with Crippen LogP contribution in [0.5, 0.6) is 0 Å². The van der Waals surface area contributed by atoms with Crippen molar-refractivity contribution >= 4 is 5.91 Å². The molecule has 0 unspecified atom stereocenters. The van der Waals surface area contributed by atoms with Gasteiger partial charge < -0.3 is 10.2 Å². The fourth-order valence-electron chi connectivity index (χ4n) is 4.65. The molecule has 148 valence electrons. The van der Waals surface area contributed by atoms with Gasteiger partial charge in [-0.3, -0.25) is 9.78 Å². The summed E-state index contributed by atoms with van der Waals surface area (Å²) >= 11 is 0. The van der Waals surface area contributed by atoms with Crippen molar-refractivity contribution in [2.75, 3.05) is 13.1 Å². The molecule has 2 aromatic rings. The zero-order chi connectivity index (χ0) is 19.2. The van der Waals surface area contributed by atoms with Gasteiger partial charge in [-0.2, -0.15) is 0 Å². The smallest absolute Gasteiger partial charge is 0.254 e. The van der Waals surface area contributed by atoms with Crippen LogP contribution in [0.2, 0.25) is 0 Å². The van der Waals surface area contributed by atoms with E-state index in [-0.39, 0.29) is 5.91 Å². The number of nitrogens with one attached hydrogen (secondary N) is 1. The van der Waals surface area contributed by atoms with Crippen molar-refractivity contribution in [1.29, 1.82) is 0 Å². The Labute approximate surface area is 168 Å². The number of benzene rings is 1. The number of rotatable bonds is 5. The van der Waals surface area contributed by atoms with E-state index in [1.54, 1.807) is 0 Å². The lowest BCUT2D eigenvalue weighted by Crippen LogP contribution is -2.41. The van der Waals surface area contributed by atoms with Gasteiger partial charge >= 0.3 is 0 Å². The predicted molar refractivity (Wildman–Crippen MR) is 112 cm³/mol. The summed E-state index contributed by atoms with van der Waals surface area (Å²) in [4.78, 5) is 20.1. The summed E-state index contributed by atoms with van der Waals surface area (Å²) in [5, 5.41) is 3.49. The highest BCUT2D eigenvalue weighted by atomic mass is 16.2. The largest absolute Gasteiger partial charge is 0.330 e. The van der Waals surface area contributed by atoms with E-state index in [4.69, 9.17) is 0 Å². The molecule has 0 spiro atoms. The summed E-state index contributed by atoms with van der Waals surface area (Å²) in [6.07, 6.45) is 10.1. The van der Waals surface area contributed by atoms with Crippen molar-refractivity contribution in [3.63, 3.8) is 0 Å². The van der Waals surface area contributed by atoms with Gasteiger partial charge in [0.1, 0.15) is 0 Å². The van der Waals surface area contributed by atoms with Crippen molar-refractivity contribution in [3.05, 3.63) is 65.5 Å². The molecule has 4 heteroatoms. The second kappa shape index (κ2) is 9.33. The first-order chi connectivity index (χ1) is 13.8. The lowest BCUT2D eigenvalue weighted by molar-refractivity contribution is 0.0611. The van der Waals surface area contributed by atoms with E-state index in [1.165, 1.54) is 37.7 Å². The fraction of sp³-hybridized carbons (Fsp3) is 0.500. The highest BCUT2D eigenvalue weighted by Crippen LogP contribution is 2.28. The average Bonchev–Trinajstić information content (AvgIpc) is 2.79. The van der Waals surface area contributed by atoms with Crippen LogP contribution in [-0.2, 0) is 6.54 Å². The van der Waals surface area contributed by atoms with Gasteiger partial charge in [0, 0.05) is 24.3 Å². The van der Waals surface area contributed by atoms with Gasteiger partial charge in [-0.25, -0.2) is 0 Å². The third-order valence-corrected chi connectivity index (χ3v) is 6.24. The molecular formula is C24H31N3O. The molecule has 2 heterocycles. The standard InChI is InChI=1S/C24H31N3O/c28-24(20-9-6-8-19(16-20)21-10-7-14-25-17-21)27(23-12-2-1-3-13-23)18-22-11-4-5-15-26-22/h4-6,8-9,11,15-16,21,23,25H,1-3,7,10,12-14,17-18H2/t21-/m1/s1. The molecule has 1 amide bonds. The number of carbonyl (C=O) groups is 1. The molecule has 28 heavy (non-hydrogen) atoms. The molecule has 1 aliphatic carbocycles. The van der Waals surface area contributed by atoms with Crippen LogP contribution in [0, 0.1) is 0 Å². The first-order valence-electron chi connectivity index (χ1n) is 10.8. The van der Waals surface area contributed by atoms with Crippen molar-refractivity contribution in [2.45, 2.75) is 63.5 Å². The minimum Gasteiger partial charge on any atom is -0.330 e. The summed E-state index contributed by atoms with van der Waals surface area (Å²) < 4.78 is 0. The second-order valence-corrected chi connectivity index (χ2v) is 8.21. The minimum absolute atomic E-state index is 0.156. The van der Waals surface area contributed by atoms with E-state index < -0.39 is 0 Å². The number of hydrogen-bond acceptors (Lipinski definition) is 3. The Hall–Kier alpha value is -2.20. The molecule has 1 N–H and O–H groups in total. The number of nitrogens with zero attached hydrogens (tertiary/aromatic N) is 2. The van der Waals surface area contributed by atoms with Crippen molar-refractivity contribution < 1.29 is 4.79 Å². The van der Waals surface area contributed by atoms with Gasteiger partial charge in [0.2, 0.25) is 0 Å². The average molecular weight is 378 g/mol. The highest BCUT2D eigenvalue weighted by molar-refractivity contribution is 5.94. The van der Waals surface area contributed by atoms with Crippen LogP contribution >= 0.6 is 0 Å². The van der Waals surface area contributed by atoms with E-state index in [0.29, 0.717) is 18.5 Å². The SMILES string of the molecule is O=C(c1cccc([C@@H]2CCCNC2)c1)N(Cc1ccccn1)C1CCCCC1. The first kappa shape index (κ1) is 19.1. The fourth-order valence-corrected chi connectivity index (χ4v) is 4.65. The number of amides is 1. The maximum Gasteiger partial charge on any atom is 0.254 e. The number of hydrogen-bond donors (Lipinski definition) is 1. The second-order valence-electron chi connectivity index (χ2n) is 8.21. The molecule has 1 aromatic carbocycles. The Bertz CT molecular complexity index is 764. The zero-order valence-corrected chi connectivity index (χ0v) is 16.6. The molecule has 2 aliphatic rings. The van der Waals surface area contributed by atoms with Gasteiger partial charge in [0.25, 0.3) is 5.91 Å². The number of aromatic nitrogens is 1. The normalized spacial score (nSPS) is 20.6. The summed E-state index contributed by atoms with van der Waals surface area (Å²) in [7, 11) is 0. The molecule has 1 aliphatic heterocycles. The van der Waals surface area contributed by atoms with Crippen LogP contribution in [0.4, 0.5) is 0 Å². The molecule has 0 radical (unpaired) electrons. The number of piperidine rings is 1. The number of carbonyl (C=O) groups excluding carboxylic acids is 1. The van der Waals surface area contributed by atoms with E-state index in [9.17, 15) is 4.79 Å². The van der Waals surface area contributed by atoms with Gasteiger partial charge in [-0.1, -0.05) is 37.5 Å². The van der Waals surface area contributed by atoms with Gasteiger partial charge in [0.05, 0.1) is 12.2 Å². The summed E-state index contributed by atoms with van der Waals surface area (Å²) in [5.74, 6) is 0.670. The van der Waals surface area contributed by atoms with Crippen molar-refractivity contribution in [1.82, 2.24) is 15.2 Å². The topological polar surface area (TPSA) is 45.2 Å². The molecule has 2 fully saturated rings. The zero-order valence-electron chi connectivity index (χ0n) is 16.6. The van der Waals surface area contributed by atoms with Crippen LogP contribution in [-0.4, -0.2) is 34.9 Å². The molecule has 1 saturated heterocycles. The third kappa shape index (κ3) is 4.61. The minimum atomic E-state index is 0.156. The Kier molecular flexibility index (Phi) is 6.38. The highest BCUT2D eigenvalue weighted by Gasteiger charge is 2.27. The lowest BCUT2D eigenvalue weighted by atomic mass is 9.90. The van der Waals surface area contributed by atoms with Crippen LogP contribution in [0.3, 0.4) is 0 Å². The Morgan fingerprint density at radius 2 is 1.93 bits per heavy atom. The van der Waals surface area contributed by atoms with Crippen LogP contribution in [0.1, 0.15) is 72.5 Å². The van der Waals surface area contributed by atoms with E-state index in [1.807, 2.05) is 30.5 Å². The molecule has 0 bridgehead atoms. The van der Waals surface area contributed by atoms with E-state index in [2.05, 4.69) is 33.4 Å². The maximum absolute atomic E-state index is 13.6. The van der Waals surface area contributed by atoms with Crippen molar-refractivity contribution in [3.8, 4) is 0 Å². The molecule has 1 saturated carbocycles. The summed E-state index contributed by atoms with van der Waals surface area (Å²) in [5.41, 5.74) is 3.08. The number of pyridine rings is 1. The van der Waals surface area contributed by atoms with Crippen LogP contribution in [0.15, 0.2) is 48.7 Å². The lowest BCUT2D eigenvalue weighted by Gasteiger charge is -2.34.